The van der Waals surface area contributed by atoms with Crippen molar-refractivity contribution >= 4 is 23.6 Å². The third kappa shape index (κ3) is 7.45. The van der Waals surface area contributed by atoms with E-state index in [0.29, 0.717) is 23.6 Å². The van der Waals surface area contributed by atoms with E-state index in [-0.39, 0.29) is 0 Å². The molecule has 0 aliphatic carbocycles. The lowest BCUT2D eigenvalue weighted by Gasteiger charge is -2.27. The average Bonchev–Trinajstić information content (AvgIpc) is 3.10. The summed E-state index contributed by atoms with van der Waals surface area (Å²) in [6.45, 7) is 9.80. The molecule has 1 heterocycles. The summed E-state index contributed by atoms with van der Waals surface area (Å²) in [5, 5.41) is 7.17. The molecule has 150 valence electrons. The highest BCUT2D eigenvalue weighted by atomic mass is 32.2. The van der Waals surface area contributed by atoms with Crippen LogP contribution in [-0.4, -0.2) is 54.2 Å². The first kappa shape index (κ1) is 21.6. The van der Waals surface area contributed by atoms with E-state index in [1.165, 1.54) is 4.90 Å². The molecule has 2 N–H and O–H groups in total. The Bertz CT molecular complexity index is 593. The number of nitrogens with one attached hydrogen (secondary N) is 2. The molecule has 2 atom stereocenters. The van der Waals surface area contributed by atoms with E-state index in [1.54, 1.807) is 0 Å². The van der Waals surface area contributed by atoms with Gasteiger partial charge >= 0.3 is 0 Å². The van der Waals surface area contributed by atoms with Gasteiger partial charge in [-0.25, -0.2) is 0 Å². The Labute approximate surface area is 168 Å². The molecule has 27 heavy (non-hydrogen) atoms. The largest absolute Gasteiger partial charge is 0.357 e. The number of benzene rings is 1. The Morgan fingerprint density at radius 2 is 2.04 bits per heavy atom. The molecule has 2 unspecified atom stereocenters. The number of aliphatic imine (C=N–C) groups is 1. The standard InChI is InChI=1S/C21H34N4OS/c1-4-18(25-15-9-12-20(25)26)13-14-23-21(22-5-2)24-16-17(3)27-19-10-7-6-8-11-19/h6-8,10-11,17-18H,4-5,9,12-16H2,1-3H3,(H2,22,23,24). The molecule has 0 radical (unpaired) electrons. The Morgan fingerprint density at radius 3 is 2.67 bits per heavy atom. The van der Waals surface area contributed by atoms with Crippen molar-refractivity contribution in [3.8, 4) is 0 Å². The zero-order valence-corrected chi connectivity index (χ0v) is 17.7. The maximum atomic E-state index is 12.0. The Morgan fingerprint density at radius 1 is 1.26 bits per heavy atom. The van der Waals surface area contributed by atoms with Crippen molar-refractivity contribution in [3.05, 3.63) is 30.3 Å². The monoisotopic (exact) mass is 390 g/mol. The van der Waals surface area contributed by atoms with Crippen LogP contribution in [0.15, 0.2) is 40.2 Å². The van der Waals surface area contributed by atoms with Crippen LogP contribution in [0.4, 0.5) is 0 Å². The number of hydrogen-bond acceptors (Lipinski definition) is 3. The topological polar surface area (TPSA) is 56.7 Å². The average molecular weight is 391 g/mol. The van der Waals surface area contributed by atoms with E-state index in [1.807, 2.05) is 17.8 Å². The van der Waals surface area contributed by atoms with Crippen molar-refractivity contribution in [2.24, 2.45) is 4.99 Å². The third-order valence-corrected chi connectivity index (χ3v) is 5.82. The van der Waals surface area contributed by atoms with Crippen LogP contribution >= 0.6 is 11.8 Å². The van der Waals surface area contributed by atoms with Crippen molar-refractivity contribution in [2.45, 2.75) is 62.6 Å². The molecule has 1 aromatic carbocycles. The van der Waals surface area contributed by atoms with Crippen LogP contribution in [0.25, 0.3) is 0 Å². The zero-order chi connectivity index (χ0) is 19.5. The number of rotatable bonds is 10. The van der Waals surface area contributed by atoms with Crippen molar-refractivity contribution in [3.63, 3.8) is 0 Å². The van der Waals surface area contributed by atoms with Crippen molar-refractivity contribution in [1.82, 2.24) is 15.5 Å². The second kappa shape index (κ2) is 11.9. The van der Waals surface area contributed by atoms with Crippen molar-refractivity contribution in [1.29, 1.82) is 0 Å². The second-order valence-electron chi connectivity index (χ2n) is 6.93. The molecular weight excluding hydrogens is 356 g/mol. The van der Waals surface area contributed by atoms with Gasteiger partial charge in [0.05, 0.1) is 6.54 Å². The van der Waals surface area contributed by atoms with Crippen LogP contribution in [0.3, 0.4) is 0 Å². The fourth-order valence-corrected chi connectivity index (χ4v) is 4.25. The molecule has 1 aromatic rings. The van der Waals surface area contributed by atoms with E-state index in [2.05, 4.69) is 60.6 Å². The van der Waals surface area contributed by atoms with E-state index < -0.39 is 0 Å². The Kier molecular flexibility index (Phi) is 9.53. The van der Waals surface area contributed by atoms with E-state index >= 15 is 0 Å². The van der Waals surface area contributed by atoms with Gasteiger partial charge in [0.1, 0.15) is 0 Å². The molecule has 0 aromatic heterocycles. The lowest BCUT2D eigenvalue weighted by atomic mass is 10.1. The lowest BCUT2D eigenvalue weighted by Crippen LogP contribution is -2.42. The van der Waals surface area contributed by atoms with Gasteiger partial charge in [-0.2, -0.15) is 0 Å². The summed E-state index contributed by atoms with van der Waals surface area (Å²) in [5.41, 5.74) is 0. The van der Waals surface area contributed by atoms with Crippen LogP contribution in [0.1, 0.15) is 46.5 Å². The van der Waals surface area contributed by atoms with Crippen LogP contribution in [0, 0.1) is 0 Å². The zero-order valence-electron chi connectivity index (χ0n) is 16.9. The minimum Gasteiger partial charge on any atom is -0.357 e. The number of likely N-dealkylation sites (tertiary alicyclic amines) is 1. The predicted octanol–water partition coefficient (Wildman–Crippen LogP) is 3.51. The summed E-state index contributed by atoms with van der Waals surface area (Å²) in [6, 6.07) is 10.8. The molecular formula is C21H34N4OS. The SMILES string of the molecule is CCNC(=NCC(C)Sc1ccccc1)NCCC(CC)N1CCCC1=O. The normalized spacial score (nSPS) is 17.1. The number of carbonyl (C=O) groups excluding carboxylic acids is 1. The van der Waals surface area contributed by atoms with Gasteiger partial charge in [-0.3, -0.25) is 9.79 Å². The number of thioether (sulfide) groups is 1. The molecule has 1 fully saturated rings. The molecule has 0 bridgehead atoms. The summed E-state index contributed by atoms with van der Waals surface area (Å²) < 4.78 is 0. The maximum absolute atomic E-state index is 12.0. The minimum atomic E-state index is 0.314. The molecule has 5 nitrogen and oxygen atoms in total. The van der Waals surface area contributed by atoms with Crippen molar-refractivity contribution in [2.75, 3.05) is 26.2 Å². The summed E-state index contributed by atoms with van der Waals surface area (Å²) in [6.07, 6.45) is 3.68. The molecule has 2 rings (SSSR count). The summed E-state index contributed by atoms with van der Waals surface area (Å²) in [7, 11) is 0. The van der Waals surface area contributed by atoms with E-state index in [0.717, 1.165) is 51.4 Å². The molecule has 1 aliphatic rings. The molecule has 6 heteroatoms. The van der Waals surface area contributed by atoms with Gasteiger partial charge in [-0.15, -0.1) is 11.8 Å². The number of carbonyl (C=O) groups is 1. The van der Waals surface area contributed by atoms with Gasteiger partial charge in [0, 0.05) is 42.2 Å². The van der Waals surface area contributed by atoms with Crippen LogP contribution in [0.2, 0.25) is 0 Å². The number of nitrogens with zero attached hydrogens (tertiary/aromatic N) is 2. The highest BCUT2D eigenvalue weighted by Gasteiger charge is 2.26. The number of guanidine groups is 1. The second-order valence-corrected chi connectivity index (χ2v) is 8.44. The van der Waals surface area contributed by atoms with Gasteiger partial charge in [-0.1, -0.05) is 32.0 Å². The van der Waals surface area contributed by atoms with Crippen molar-refractivity contribution < 1.29 is 4.79 Å². The first-order chi connectivity index (χ1) is 13.1. The molecule has 1 aliphatic heterocycles. The maximum Gasteiger partial charge on any atom is 0.222 e. The van der Waals surface area contributed by atoms with Crippen LogP contribution in [-0.2, 0) is 4.79 Å². The summed E-state index contributed by atoms with van der Waals surface area (Å²) >= 11 is 1.85. The van der Waals surface area contributed by atoms with E-state index in [4.69, 9.17) is 4.99 Å². The lowest BCUT2D eigenvalue weighted by molar-refractivity contribution is -0.129. The van der Waals surface area contributed by atoms with Gasteiger partial charge in [0.15, 0.2) is 5.96 Å². The van der Waals surface area contributed by atoms with Crippen LogP contribution in [0.5, 0.6) is 0 Å². The highest BCUT2D eigenvalue weighted by Crippen LogP contribution is 2.22. The smallest absolute Gasteiger partial charge is 0.222 e. The number of amides is 1. The molecule has 0 spiro atoms. The van der Waals surface area contributed by atoms with Gasteiger partial charge in [0.25, 0.3) is 0 Å². The minimum absolute atomic E-state index is 0.314. The fourth-order valence-electron chi connectivity index (χ4n) is 3.32. The molecule has 1 amide bonds. The van der Waals surface area contributed by atoms with E-state index in [9.17, 15) is 4.79 Å². The summed E-state index contributed by atoms with van der Waals surface area (Å²) in [4.78, 5) is 20.0. The van der Waals surface area contributed by atoms with Crippen LogP contribution < -0.4 is 10.6 Å². The van der Waals surface area contributed by atoms with Gasteiger partial charge in [-0.05, 0) is 38.3 Å². The quantitative estimate of drug-likeness (QED) is 0.365. The Hall–Kier alpha value is -1.69. The van der Waals surface area contributed by atoms with Gasteiger partial charge in [0.2, 0.25) is 5.91 Å². The predicted molar refractivity (Wildman–Crippen MR) is 115 cm³/mol. The fraction of sp³-hybridized carbons (Fsp3) is 0.619. The Balaban J connectivity index is 1.79. The molecule has 0 saturated carbocycles. The van der Waals surface area contributed by atoms with Gasteiger partial charge < -0.3 is 15.5 Å². The third-order valence-electron chi connectivity index (χ3n) is 4.72. The first-order valence-corrected chi connectivity index (χ1v) is 11.0. The summed E-state index contributed by atoms with van der Waals surface area (Å²) in [5.74, 6) is 1.18. The molecule has 1 saturated heterocycles. The first-order valence-electron chi connectivity index (χ1n) is 10.2. The highest BCUT2D eigenvalue weighted by molar-refractivity contribution is 8.00. The number of hydrogen-bond donors (Lipinski definition) is 2.